The van der Waals surface area contributed by atoms with E-state index in [1.54, 1.807) is 24.6 Å². The van der Waals surface area contributed by atoms with E-state index in [1.807, 2.05) is 4.68 Å². The Hall–Kier alpha value is -2.49. The summed E-state index contributed by atoms with van der Waals surface area (Å²) in [6, 6.07) is 0. The first kappa shape index (κ1) is 21.1. The van der Waals surface area contributed by atoms with Crippen LogP contribution in [0.3, 0.4) is 0 Å². The molecule has 0 radical (unpaired) electrons. The van der Waals surface area contributed by atoms with Gasteiger partial charge in [0.1, 0.15) is 18.0 Å². The predicted octanol–water partition coefficient (Wildman–Crippen LogP) is 3.42. The van der Waals surface area contributed by atoms with Crippen molar-refractivity contribution in [1.82, 2.24) is 34.6 Å². The van der Waals surface area contributed by atoms with Crippen molar-refractivity contribution < 1.29 is 4.74 Å². The minimum Gasteiger partial charge on any atom is -0.463 e. The molecule has 0 atom stereocenters. The van der Waals surface area contributed by atoms with Crippen LogP contribution in [0.2, 0.25) is 0 Å². The van der Waals surface area contributed by atoms with Gasteiger partial charge >= 0.3 is 5.69 Å². The molecular weight excluding hydrogens is 438 g/mol. The summed E-state index contributed by atoms with van der Waals surface area (Å²) in [6.07, 6.45) is 9.80. The van der Waals surface area contributed by atoms with Gasteiger partial charge in [-0.25, -0.2) is 9.78 Å². The van der Waals surface area contributed by atoms with Crippen molar-refractivity contribution in [1.29, 1.82) is 0 Å². The highest BCUT2D eigenvalue weighted by molar-refractivity contribution is 7.11. The molecule has 4 saturated carbocycles. The molecule has 0 saturated heterocycles. The second kappa shape index (κ2) is 7.25. The second-order valence-electron chi connectivity index (χ2n) is 11.3. The van der Waals surface area contributed by atoms with Gasteiger partial charge in [0.15, 0.2) is 0 Å². The molecule has 0 amide bonds. The Bertz CT molecular complexity index is 1210. The van der Waals surface area contributed by atoms with Gasteiger partial charge in [-0.1, -0.05) is 11.3 Å². The molecule has 4 fully saturated rings. The van der Waals surface area contributed by atoms with Gasteiger partial charge in [0.2, 0.25) is 0 Å². The summed E-state index contributed by atoms with van der Waals surface area (Å²) >= 11 is 1.58. The largest absolute Gasteiger partial charge is 0.463 e. The van der Waals surface area contributed by atoms with Gasteiger partial charge in [0.25, 0.3) is 5.19 Å². The lowest BCUT2D eigenvalue weighted by atomic mass is 9.49. The van der Waals surface area contributed by atoms with Gasteiger partial charge < -0.3 is 4.74 Å². The number of hydrogen-bond donors (Lipinski definition) is 0. The highest BCUT2D eigenvalue weighted by Crippen LogP contribution is 2.60. The van der Waals surface area contributed by atoms with E-state index < -0.39 is 0 Å². The van der Waals surface area contributed by atoms with Crippen molar-refractivity contribution in [2.45, 2.75) is 76.9 Å². The third-order valence-electron chi connectivity index (χ3n) is 7.83. The molecular formula is C23H31N7O2S. The first-order valence-corrected chi connectivity index (χ1v) is 12.8. The summed E-state index contributed by atoms with van der Waals surface area (Å²) in [5.41, 5.74) is 2.26. The number of aromatic nitrogens is 7. The topological polar surface area (TPSA) is 92.7 Å². The van der Waals surface area contributed by atoms with Gasteiger partial charge in [0, 0.05) is 17.8 Å². The fourth-order valence-electron chi connectivity index (χ4n) is 6.84. The summed E-state index contributed by atoms with van der Waals surface area (Å²) in [4.78, 5) is 17.5. The molecule has 3 heterocycles. The average molecular weight is 470 g/mol. The Morgan fingerprint density at radius 2 is 1.79 bits per heavy atom. The van der Waals surface area contributed by atoms with Crippen molar-refractivity contribution >= 4 is 11.3 Å². The minimum atomic E-state index is -0.317. The third kappa shape index (κ3) is 3.45. The van der Waals surface area contributed by atoms with Gasteiger partial charge in [-0.2, -0.15) is 14.5 Å². The highest BCUT2D eigenvalue weighted by atomic mass is 32.1. The Labute approximate surface area is 196 Å². The molecule has 0 N–H and O–H groups in total. The van der Waals surface area contributed by atoms with Gasteiger partial charge in [-0.15, -0.1) is 0 Å². The molecule has 10 heteroatoms. The van der Waals surface area contributed by atoms with Crippen LogP contribution in [0.25, 0.3) is 5.69 Å². The zero-order valence-electron chi connectivity index (χ0n) is 19.7. The lowest BCUT2D eigenvalue weighted by Gasteiger charge is -2.56. The Morgan fingerprint density at radius 1 is 1.12 bits per heavy atom. The lowest BCUT2D eigenvalue weighted by Crippen LogP contribution is -2.48. The number of nitrogens with zero attached hydrogens (tertiary/aromatic N) is 7. The van der Waals surface area contributed by atoms with Gasteiger partial charge in [-0.3, -0.25) is 4.68 Å². The Morgan fingerprint density at radius 3 is 2.36 bits per heavy atom. The Kier molecular flexibility index (Phi) is 4.63. The monoisotopic (exact) mass is 469 g/mol. The van der Waals surface area contributed by atoms with E-state index in [2.05, 4.69) is 41.7 Å². The van der Waals surface area contributed by atoms with E-state index in [4.69, 9.17) is 9.72 Å². The molecule has 0 aromatic carbocycles. The van der Waals surface area contributed by atoms with E-state index in [9.17, 15) is 4.79 Å². The summed E-state index contributed by atoms with van der Waals surface area (Å²) in [5, 5.41) is 15.3. The molecule has 7 rings (SSSR count). The van der Waals surface area contributed by atoms with E-state index in [0.717, 1.165) is 23.4 Å². The van der Waals surface area contributed by atoms with Crippen LogP contribution in [0.5, 0.6) is 5.19 Å². The molecule has 0 unspecified atom stereocenters. The normalized spacial score (nSPS) is 28.5. The minimum absolute atomic E-state index is 0.253. The molecule has 4 bridgehead atoms. The quantitative estimate of drug-likeness (QED) is 0.568. The maximum atomic E-state index is 12.5. The van der Waals surface area contributed by atoms with Crippen molar-refractivity contribution in [2.24, 2.45) is 24.8 Å². The molecule has 9 nitrogen and oxygen atoms in total. The maximum Gasteiger partial charge on any atom is 0.368 e. The molecule has 4 aliphatic rings. The fourth-order valence-corrected chi connectivity index (χ4v) is 7.63. The number of aryl methyl sites for hydroxylation is 1. The maximum absolute atomic E-state index is 12.5. The van der Waals surface area contributed by atoms with E-state index >= 15 is 0 Å². The summed E-state index contributed by atoms with van der Waals surface area (Å²) < 4.78 is 10.6. The fraction of sp³-hybridized carbons (Fsp3) is 0.696. The second-order valence-corrected chi connectivity index (χ2v) is 12.2. The van der Waals surface area contributed by atoms with Crippen LogP contribution in [-0.2, 0) is 24.6 Å². The van der Waals surface area contributed by atoms with Gasteiger partial charge in [0.05, 0.1) is 17.4 Å². The van der Waals surface area contributed by atoms with Crippen molar-refractivity contribution in [3.8, 4) is 10.9 Å². The molecule has 0 spiro atoms. The molecule has 0 aliphatic heterocycles. The molecule has 4 aliphatic carbocycles. The van der Waals surface area contributed by atoms with Crippen molar-refractivity contribution in [2.75, 3.05) is 0 Å². The van der Waals surface area contributed by atoms with E-state index in [-0.39, 0.29) is 23.3 Å². The number of ether oxygens (including phenoxy) is 1. The smallest absolute Gasteiger partial charge is 0.368 e. The van der Waals surface area contributed by atoms with E-state index in [1.165, 1.54) is 53.6 Å². The molecule has 176 valence electrons. The summed E-state index contributed by atoms with van der Waals surface area (Å²) in [5.74, 6) is 2.66. The van der Waals surface area contributed by atoms with Crippen LogP contribution in [-0.4, -0.2) is 34.6 Å². The molecule has 3 aromatic rings. The number of tetrazole rings is 1. The average Bonchev–Trinajstić information content (AvgIpc) is 3.45. The zero-order chi connectivity index (χ0) is 23.0. The van der Waals surface area contributed by atoms with Gasteiger partial charge in [-0.05, 0) is 87.5 Å². The summed E-state index contributed by atoms with van der Waals surface area (Å²) in [7, 11) is 1.58. The third-order valence-corrected chi connectivity index (χ3v) is 8.58. The standard InChI is InChI=1S/C23H31N7O2S/c1-22(2,3)30-18(17(11-24-30)29-21(31)28(4)26-27-29)12-32-20-25-19(13-33-20)23-8-14-5-15(9-23)7-16(6-14)10-23/h11,13-16H,5-10,12H2,1-4H3. The highest BCUT2D eigenvalue weighted by Gasteiger charge is 2.52. The SMILES string of the molecule is Cn1nnn(-c2cnn(C(C)(C)C)c2COc2nc(C34CC5CC(CC(C5)C3)C4)cs2)c1=O. The first-order chi connectivity index (χ1) is 15.7. The predicted molar refractivity (Wildman–Crippen MR) is 124 cm³/mol. The van der Waals surface area contributed by atoms with Crippen LogP contribution in [0.4, 0.5) is 0 Å². The lowest BCUT2D eigenvalue weighted by molar-refractivity contribution is -0.00711. The number of rotatable bonds is 5. The van der Waals surface area contributed by atoms with Crippen molar-refractivity contribution in [3.05, 3.63) is 33.4 Å². The number of thiazole rings is 1. The summed E-state index contributed by atoms with van der Waals surface area (Å²) in [6.45, 7) is 6.47. The van der Waals surface area contributed by atoms with Crippen LogP contribution >= 0.6 is 11.3 Å². The van der Waals surface area contributed by atoms with Crippen LogP contribution in [0.1, 0.15) is 70.7 Å². The number of hydrogen-bond acceptors (Lipinski definition) is 7. The van der Waals surface area contributed by atoms with Crippen LogP contribution < -0.4 is 10.4 Å². The van der Waals surface area contributed by atoms with E-state index in [0.29, 0.717) is 10.9 Å². The molecule has 33 heavy (non-hydrogen) atoms. The first-order valence-electron chi connectivity index (χ1n) is 11.9. The van der Waals surface area contributed by atoms with Crippen LogP contribution in [0, 0.1) is 17.8 Å². The van der Waals surface area contributed by atoms with Crippen LogP contribution in [0.15, 0.2) is 16.4 Å². The molecule has 3 aromatic heterocycles. The van der Waals surface area contributed by atoms with Crippen molar-refractivity contribution in [3.63, 3.8) is 0 Å². The Balaban J connectivity index is 1.27. The zero-order valence-corrected chi connectivity index (χ0v) is 20.5.